The van der Waals surface area contributed by atoms with Gasteiger partial charge in [-0.2, -0.15) is 5.10 Å². The van der Waals surface area contributed by atoms with Crippen molar-refractivity contribution in [3.8, 4) is 11.4 Å². The van der Waals surface area contributed by atoms with E-state index < -0.39 is 17.4 Å². The molecule has 0 saturated carbocycles. The molecule has 4 rings (SSSR count). The minimum Gasteiger partial charge on any atom is -0.384 e. The molecule has 3 aromatic rings. The Kier molecular flexibility index (Phi) is 3.22. The van der Waals surface area contributed by atoms with Crippen LogP contribution in [0.5, 0.6) is 0 Å². The van der Waals surface area contributed by atoms with Crippen LogP contribution in [-0.2, 0) is 0 Å². The Balaban J connectivity index is 1.83. The SMILES string of the molecule is Nc1c2c(cc(=O)n1-c1ccc(-n3cc(Cl)cn3)cc1)C(=O)NC2=O. The summed E-state index contributed by atoms with van der Waals surface area (Å²) in [5.41, 5.74) is 6.67. The average Bonchev–Trinajstić information content (AvgIpc) is 3.12. The number of amides is 2. The highest BCUT2D eigenvalue weighted by Gasteiger charge is 2.31. The van der Waals surface area contributed by atoms with Gasteiger partial charge in [0.25, 0.3) is 17.4 Å². The molecule has 3 N–H and O–H groups in total. The highest BCUT2D eigenvalue weighted by Crippen LogP contribution is 2.23. The maximum Gasteiger partial charge on any atom is 0.262 e. The lowest BCUT2D eigenvalue weighted by Gasteiger charge is -2.12. The van der Waals surface area contributed by atoms with Crippen molar-refractivity contribution in [3.63, 3.8) is 0 Å². The van der Waals surface area contributed by atoms with Crippen molar-refractivity contribution in [1.82, 2.24) is 19.7 Å². The smallest absolute Gasteiger partial charge is 0.262 e. The fraction of sp³-hybridized carbons (Fsp3) is 0. The van der Waals surface area contributed by atoms with Crippen molar-refractivity contribution in [3.05, 3.63) is 69.2 Å². The topological polar surface area (TPSA) is 112 Å². The van der Waals surface area contributed by atoms with Crippen LogP contribution >= 0.6 is 11.6 Å². The van der Waals surface area contributed by atoms with E-state index in [1.807, 2.05) is 0 Å². The lowest BCUT2D eigenvalue weighted by molar-refractivity contribution is 0.0880. The van der Waals surface area contributed by atoms with Gasteiger partial charge in [-0.1, -0.05) is 11.6 Å². The van der Waals surface area contributed by atoms with Crippen molar-refractivity contribution in [2.75, 3.05) is 5.73 Å². The van der Waals surface area contributed by atoms with Crippen LogP contribution in [0.4, 0.5) is 5.82 Å². The fourth-order valence-corrected chi connectivity index (χ4v) is 2.88. The molecule has 9 heteroatoms. The van der Waals surface area contributed by atoms with Crippen molar-refractivity contribution in [1.29, 1.82) is 0 Å². The number of rotatable bonds is 2. The highest BCUT2D eigenvalue weighted by atomic mass is 35.5. The van der Waals surface area contributed by atoms with Gasteiger partial charge in [-0.3, -0.25) is 24.3 Å². The van der Waals surface area contributed by atoms with Crippen molar-refractivity contribution < 1.29 is 9.59 Å². The Bertz CT molecular complexity index is 1100. The van der Waals surface area contributed by atoms with E-state index in [4.69, 9.17) is 17.3 Å². The van der Waals surface area contributed by atoms with Crippen molar-refractivity contribution in [2.45, 2.75) is 0 Å². The third-order valence-electron chi connectivity index (χ3n) is 3.88. The molecule has 1 aromatic carbocycles. The first kappa shape index (κ1) is 15.2. The summed E-state index contributed by atoms with van der Waals surface area (Å²) in [5.74, 6) is -1.32. The molecule has 0 fully saturated rings. The summed E-state index contributed by atoms with van der Waals surface area (Å²) in [7, 11) is 0. The van der Waals surface area contributed by atoms with Gasteiger partial charge in [0.2, 0.25) is 0 Å². The van der Waals surface area contributed by atoms with Crippen LogP contribution < -0.4 is 16.6 Å². The minimum absolute atomic E-state index is 0.00698. The zero-order valence-corrected chi connectivity index (χ0v) is 13.3. The van der Waals surface area contributed by atoms with Crippen LogP contribution in [0.25, 0.3) is 11.4 Å². The average molecular weight is 356 g/mol. The third-order valence-corrected chi connectivity index (χ3v) is 4.07. The molecular formula is C16H10ClN5O3. The number of aromatic nitrogens is 3. The Morgan fingerprint density at radius 1 is 1.04 bits per heavy atom. The molecule has 1 aliphatic rings. The van der Waals surface area contributed by atoms with E-state index in [0.29, 0.717) is 10.7 Å². The van der Waals surface area contributed by atoms with Crippen LogP contribution in [0.3, 0.4) is 0 Å². The minimum atomic E-state index is -0.623. The summed E-state index contributed by atoms with van der Waals surface area (Å²) in [6.45, 7) is 0. The maximum absolute atomic E-state index is 12.4. The molecular weight excluding hydrogens is 346 g/mol. The van der Waals surface area contributed by atoms with Gasteiger partial charge in [0.15, 0.2) is 0 Å². The number of hydrogen-bond acceptors (Lipinski definition) is 5. The van der Waals surface area contributed by atoms with E-state index in [-0.39, 0.29) is 16.9 Å². The van der Waals surface area contributed by atoms with Crippen LogP contribution in [-0.4, -0.2) is 26.2 Å². The van der Waals surface area contributed by atoms with Gasteiger partial charge in [0.05, 0.1) is 33.7 Å². The Morgan fingerprint density at radius 2 is 1.72 bits per heavy atom. The molecule has 0 radical (unpaired) electrons. The predicted molar refractivity (Wildman–Crippen MR) is 90.4 cm³/mol. The zero-order valence-electron chi connectivity index (χ0n) is 12.6. The van der Waals surface area contributed by atoms with Crippen LogP contribution in [0.2, 0.25) is 5.02 Å². The number of nitrogen functional groups attached to an aromatic ring is 1. The van der Waals surface area contributed by atoms with Gasteiger partial charge in [0, 0.05) is 12.3 Å². The number of nitrogens with one attached hydrogen (secondary N) is 1. The standard InChI is InChI=1S/C16H10ClN5O3/c17-8-6-19-21(7-8)9-1-3-10(4-2-9)22-12(23)5-11-13(14(22)18)16(25)20-15(11)24/h1-7H,18H2,(H,20,24,25). The van der Waals surface area contributed by atoms with E-state index in [1.165, 1.54) is 10.8 Å². The Labute approximate surface area is 145 Å². The molecule has 3 heterocycles. The molecule has 124 valence electrons. The second-order valence-electron chi connectivity index (χ2n) is 5.39. The zero-order chi connectivity index (χ0) is 17.7. The first-order valence-corrected chi connectivity index (χ1v) is 7.55. The molecule has 2 aromatic heterocycles. The number of halogens is 1. The second-order valence-corrected chi connectivity index (χ2v) is 5.83. The van der Waals surface area contributed by atoms with Crippen LogP contribution in [0.15, 0.2) is 47.5 Å². The summed E-state index contributed by atoms with van der Waals surface area (Å²) in [4.78, 5) is 35.9. The molecule has 0 bridgehead atoms. The summed E-state index contributed by atoms with van der Waals surface area (Å²) in [6.07, 6.45) is 3.15. The predicted octanol–water partition coefficient (Wildman–Crippen LogP) is 1.14. The lowest BCUT2D eigenvalue weighted by atomic mass is 10.1. The number of imide groups is 1. The second kappa shape index (κ2) is 5.32. The summed E-state index contributed by atoms with van der Waals surface area (Å²) >= 11 is 5.85. The lowest BCUT2D eigenvalue weighted by Crippen LogP contribution is -2.24. The molecule has 25 heavy (non-hydrogen) atoms. The molecule has 2 amide bonds. The van der Waals surface area contributed by atoms with Crippen molar-refractivity contribution in [2.24, 2.45) is 0 Å². The first-order valence-electron chi connectivity index (χ1n) is 7.18. The highest BCUT2D eigenvalue weighted by molar-refractivity contribution is 6.30. The largest absolute Gasteiger partial charge is 0.384 e. The monoisotopic (exact) mass is 355 g/mol. The fourth-order valence-electron chi connectivity index (χ4n) is 2.74. The summed E-state index contributed by atoms with van der Waals surface area (Å²) in [5, 5.41) is 6.72. The normalized spacial score (nSPS) is 13.0. The number of hydrogen-bond donors (Lipinski definition) is 2. The number of pyridine rings is 1. The van der Waals surface area contributed by atoms with E-state index in [9.17, 15) is 14.4 Å². The van der Waals surface area contributed by atoms with Gasteiger partial charge >= 0.3 is 0 Å². The number of carbonyl (C=O) groups is 2. The number of benzene rings is 1. The van der Waals surface area contributed by atoms with Gasteiger partial charge in [-0.15, -0.1) is 0 Å². The molecule has 1 aliphatic heterocycles. The third kappa shape index (κ3) is 2.31. The van der Waals surface area contributed by atoms with Gasteiger partial charge in [0.1, 0.15) is 5.82 Å². The van der Waals surface area contributed by atoms with Gasteiger partial charge in [-0.25, -0.2) is 4.68 Å². The van der Waals surface area contributed by atoms with Crippen LogP contribution in [0.1, 0.15) is 20.7 Å². The number of carbonyl (C=O) groups excluding carboxylic acids is 2. The molecule has 0 atom stereocenters. The van der Waals surface area contributed by atoms with Gasteiger partial charge in [-0.05, 0) is 24.3 Å². The quantitative estimate of drug-likeness (QED) is 0.669. The Morgan fingerprint density at radius 3 is 2.36 bits per heavy atom. The van der Waals surface area contributed by atoms with Crippen molar-refractivity contribution >= 4 is 29.2 Å². The molecule has 0 spiro atoms. The molecule has 8 nitrogen and oxygen atoms in total. The van der Waals surface area contributed by atoms with E-state index in [1.54, 1.807) is 35.1 Å². The number of nitrogens with zero attached hydrogens (tertiary/aromatic N) is 3. The van der Waals surface area contributed by atoms with E-state index in [2.05, 4.69) is 10.4 Å². The van der Waals surface area contributed by atoms with Gasteiger partial charge < -0.3 is 5.73 Å². The molecule has 0 aliphatic carbocycles. The summed E-state index contributed by atoms with van der Waals surface area (Å²) in [6, 6.07) is 7.87. The summed E-state index contributed by atoms with van der Waals surface area (Å²) < 4.78 is 2.75. The number of anilines is 1. The number of nitrogens with two attached hydrogens (primary N) is 1. The first-order chi connectivity index (χ1) is 12.0. The molecule has 0 saturated heterocycles. The van der Waals surface area contributed by atoms with Crippen LogP contribution in [0, 0.1) is 0 Å². The Hall–Kier alpha value is -3.39. The molecule has 0 unspecified atom stereocenters. The number of fused-ring (bicyclic) bond motifs is 1. The van der Waals surface area contributed by atoms with E-state index >= 15 is 0 Å². The van der Waals surface area contributed by atoms with E-state index in [0.717, 1.165) is 11.8 Å². The maximum atomic E-state index is 12.4.